The Morgan fingerprint density at radius 2 is 1.85 bits per heavy atom. The molecule has 26 heavy (non-hydrogen) atoms. The monoisotopic (exact) mass is 356 g/mol. The summed E-state index contributed by atoms with van der Waals surface area (Å²) in [5.74, 6) is 0. The molecular weight excluding hydrogens is 332 g/mol. The zero-order chi connectivity index (χ0) is 17.9. The third-order valence-electron chi connectivity index (χ3n) is 5.34. The second-order valence-electron chi connectivity index (χ2n) is 7.12. The number of aliphatic hydroxyl groups excluding tert-OH is 1. The molecule has 0 spiro atoms. The van der Waals surface area contributed by atoms with Crippen LogP contribution in [0.15, 0.2) is 41.5 Å². The second-order valence-corrected chi connectivity index (χ2v) is 7.12. The van der Waals surface area contributed by atoms with Crippen molar-refractivity contribution in [3.05, 3.63) is 47.0 Å². The molecule has 1 aliphatic heterocycles. The number of hydrogen-bond acceptors (Lipinski definition) is 6. The Morgan fingerprint density at radius 3 is 2.54 bits per heavy atom. The van der Waals surface area contributed by atoms with E-state index in [1.54, 1.807) is 29.2 Å². The molecule has 1 saturated carbocycles. The first-order valence-corrected chi connectivity index (χ1v) is 9.23. The fraction of sp³-hybridized carbons (Fsp3) is 0.526. The van der Waals surface area contributed by atoms with E-state index in [1.165, 1.54) is 0 Å². The molecule has 0 bridgehead atoms. The molecule has 0 aromatic carbocycles. The average Bonchev–Trinajstić information content (AvgIpc) is 3.08. The van der Waals surface area contributed by atoms with Crippen molar-refractivity contribution in [3.63, 3.8) is 0 Å². The molecule has 0 amide bonds. The highest BCUT2D eigenvalue weighted by Gasteiger charge is 2.30. The van der Waals surface area contributed by atoms with Crippen LogP contribution in [0.3, 0.4) is 0 Å². The Labute approximate surface area is 152 Å². The largest absolute Gasteiger partial charge is 0.389 e. The van der Waals surface area contributed by atoms with Crippen LogP contribution in [0, 0.1) is 0 Å². The predicted molar refractivity (Wildman–Crippen MR) is 96.8 cm³/mol. The van der Waals surface area contributed by atoms with E-state index in [0.29, 0.717) is 19.3 Å². The summed E-state index contributed by atoms with van der Waals surface area (Å²) in [7, 11) is 0. The summed E-state index contributed by atoms with van der Waals surface area (Å²) >= 11 is 0. The van der Waals surface area contributed by atoms with E-state index in [2.05, 4.69) is 15.4 Å². The quantitative estimate of drug-likeness (QED) is 0.854. The van der Waals surface area contributed by atoms with Gasteiger partial charge in [-0.3, -0.25) is 9.78 Å². The number of aromatic nitrogens is 3. The van der Waals surface area contributed by atoms with Crippen LogP contribution in [0.5, 0.6) is 0 Å². The van der Waals surface area contributed by atoms with Gasteiger partial charge in [0.15, 0.2) is 0 Å². The van der Waals surface area contributed by atoms with Gasteiger partial charge in [-0.15, -0.1) is 0 Å². The molecular formula is C19H24N4O3. The van der Waals surface area contributed by atoms with Crippen LogP contribution in [0.25, 0.3) is 11.3 Å². The SMILES string of the molecule is O=c1ccc(-c2ccncc2)nn1C1CCC(NC2COCC2O)CC1. The van der Waals surface area contributed by atoms with Gasteiger partial charge in [0.1, 0.15) is 0 Å². The first-order valence-electron chi connectivity index (χ1n) is 9.23. The zero-order valence-electron chi connectivity index (χ0n) is 14.6. The molecule has 1 aliphatic carbocycles. The lowest BCUT2D eigenvalue weighted by Crippen LogP contribution is -2.46. The Kier molecular flexibility index (Phi) is 5.10. The topological polar surface area (TPSA) is 89.3 Å². The van der Waals surface area contributed by atoms with Gasteiger partial charge >= 0.3 is 0 Å². The molecule has 3 heterocycles. The normalized spacial score (nSPS) is 29.0. The van der Waals surface area contributed by atoms with E-state index in [-0.39, 0.29) is 17.6 Å². The maximum atomic E-state index is 12.3. The fourth-order valence-electron chi connectivity index (χ4n) is 3.86. The van der Waals surface area contributed by atoms with Gasteiger partial charge in [-0.25, -0.2) is 4.68 Å². The van der Waals surface area contributed by atoms with Crippen molar-refractivity contribution in [2.24, 2.45) is 0 Å². The average molecular weight is 356 g/mol. The molecule has 2 aliphatic rings. The van der Waals surface area contributed by atoms with E-state index >= 15 is 0 Å². The van der Waals surface area contributed by atoms with Gasteiger partial charge in [0, 0.05) is 30.1 Å². The van der Waals surface area contributed by atoms with E-state index < -0.39 is 6.10 Å². The number of nitrogens with one attached hydrogen (secondary N) is 1. The smallest absolute Gasteiger partial charge is 0.267 e. The first-order chi connectivity index (χ1) is 12.7. The minimum atomic E-state index is -0.422. The molecule has 2 atom stereocenters. The summed E-state index contributed by atoms with van der Waals surface area (Å²) in [4.78, 5) is 16.4. The van der Waals surface area contributed by atoms with Crippen molar-refractivity contribution in [1.82, 2.24) is 20.1 Å². The van der Waals surface area contributed by atoms with Gasteiger partial charge in [0.2, 0.25) is 0 Å². The van der Waals surface area contributed by atoms with Gasteiger partial charge < -0.3 is 15.2 Å². The molecule has 138 valence electrons. The lowest BCUT2D eigenvalue weighted by Gasteiger charge is -2.31. The van der Waals surface area contributed by atoms with Crippen molar-refractivity contribution in [2.75, 3.05) is 13.2 Å². The summed E-state index contributed by atoms with van der Waals surface area (Å²) in [6, 6.07) is 7.65. The van der Waals surface area contributed by atoms with Crippen LogP contribution in [-0.2, 0) is 4.74 Å². The van der Waals surface area contributed by atoms with Crippen molar-refractivity contribution < 1.29 is 9.84 Å². The molecule has 2 fully saturated rings. The molecule has 2 unspecified atom stereocenters. The molecule has 7 nitrogen and oxygen atoms in total. The van der Waals surface area contributed by atoms with Crippen LogP contribution in [-0.4, -0.2) is 51.3 Å². The Bertz CT molecular complexity index is 787. The maximum Gasteiger partial charge on any atom is 0.267 e. The van der Waals surface area contributed by atoms with Crippen molar-refractivity contribution in [2.45, 2.75) is 49.9 Å². The standard InChI is InChI=1S/C19H24N4O3/c24-18-12-26-11-17(18)21-14-1-3-15(4-2-14)23-19(25)6-5-16(22-23)13-7-9-20-10-8-13/h5-10,14-15,17-18,21,24H,1-4,11-12H2. The fourth-order valence-corrected chi connectivity index (χ4v) is 3.86. The lowest BCUT2D eigenvalue weighted by molar-refractivity contribution is 0.119. The van der Waals surface area contributed by atoms with Crippen molar-refractivity contribution in [1.29, 1.82) is 0 Å². The van der Waals surface area contributed by atoms with Gasteiger partial charge in [-0.05, 0) is 43.9 Å². The summed E-state index contributed by atoms with van der Waals surface area (Å²) in [6.45, 7) is 0.976. The van der Waals surface area contributed by atoms with E-state index in [0.717, 1.165) is 36.9 Å². The van der Waals surface area contributed by atoms with Gasteiger partial charge in [-0.1, -0.05) is 0 Å². The minimum Gasteiger partial charge on any atom is -0.389 e. The predicted octanol–water partition coefficient (Wildman–Crippen LogP) is 1.14. The summed E-state index contributed by atoms with van der Waals surface area (Å²) in [5.41, 5.74) is 1.69. The van der Waals surface area contributed by atoms with Gasteiger partial charge in [0.25, 0.3) is 5.56 Å². The zero-order valence-corrected chi connectivity index (χ0v) is 14.6. The Hall–Kier alpha value is -2.09. The molecule has 4 rings (SSSR count). The van der Waals surface area contributed by atoms with E-state index in [1.807, 2.05) is 12.1 Å². The van der Waals surface area contributed by atoms with Gasteiger partial charge in [-0.2, -0.15) is 5.10 Å². The highest BCUT2D eigenvalue weighted by molar-refractivity contribution is 5.57. The van der Waals surface area contributed by atoms with Crippen molar-refractivity contribution in [3.8, 4) is 11.3 Å². The highest BCUT2D eigenvalue weighted by Crippen LogP contribution is 2.28. The summed E-state index contributed by atoms with van der Waals surface area (Å²) < 4.78 is 6.94. The lowest BCUT2D eigenvalue weighted by atomic mass is 9.90. The highest BCUT2D eigenvalue weighted by atomic mass is 16.5. The Balaban J connectivity index is 1.43. The summed E-state index contributed by atoms with van der Waals surface area (Å²) in [6.07, 6.45) is 6.74. The molecule has 2 aromatic heterocycles. The number of ether oxygens (including phenoxy) is 1. The molecule has 2 aromatic rings. The third-order valence-corrected chi connectivity index (χ3v) is 5.34. The number of aliphatic hydroxyl groups is 1. The molecule has 7 heteroatoms. The number of nitrogens with zero attached hydrogens (tertiary/aromatic N) is 3. The van der Waals surface area contributed by atoms with Crippen LogP contribution >= 0.6 is 0 Å². The van der Waals surface area contributed by atoms with E-state index in [9.17, 15) is 9.90 Å². The summed E-state index contributed by atoms with van der Waals surface area (Å²) in [5, 5.41) is 18.0. The number of rotatable bonds is 4. The number of pyridine rings is 1. The molecule has 1 saturated heterocycles. The third kappa shape index (κ3) is 3.70. The van der Waals surface area contributed by atoms with Crippen LogP contribution < -0.4 is 10.9 Å². The maximum absolute atomic E-state index is 12.3. The molecule has 2 N–H and O–H groups in total. The van der Waals surface area contributed by atoms with E-state index in [4.69, 9.17) is 4.74 Å². The van der Waals surface area contributed by atoms with Crippen LogP contribution in [0.4, 0.5) is 0 Å². The second kappa shape index (κ2) is 7.65. The minimum absolute atomic E-state index is 0.0208. The number of hydrogen-bond donors (Lipinski definition) is 2. The van der Waals surface area contributed by atoms with Crippen LogP contribution in [0.2, 0.25) is 0 Å². The van der Waals surface area contributed by atoms with Crippen LogP contribution in [0.1, 0.15) is 31.7 Å². The van der Waals surface area contributed by atoms with Gasteiger partial charge in [0.05, 0.1) is 37.1 Å². The van der Waals surface area contributed by atoms with Crippen molar-refractivity contribution >= 4 is 0 Å². The Morgan fingerprint density at radius 1 is 1.08 bits per heavy atom. The molecule has 0 radical (unpaired) electrons. The first kappa shape index (κ1) is 17.3.